The average Bonchev–Trinajstić information content (AvgIpc) is 3.67. The van der Waals surface area contributed by atoms with Crippen molar-refractivity contribution in [3.8, 4) is 6.07 Å². The Morgan fingerprint density at radius 2 is 1.86 bits per heavy atom. The summed E-state index contributed by atoms with van der Waals surface area (Å²) < 4.78 is 0. The summed E-state index contributed by atoms with van der Waals surface area (Å²) in [6.07, 6.45) is 3.47. The molecule has 0 radical (unpaired) electrons. The molecule has 10 heteroatoms. The van der Waals surface area contributed by atoms with Crippen LogP contribution < -0.4 is 16.0 Å². The van der Waals surface area contributed by atoms with Gasteiger partial charge in [-0.3, -0.25) is 9.59 Å². The molecule has 0 aromatic heterocycles. The largest absolute Gasteiger partial charge is 0.324 e. The van der Waals surface area contributed by atoms with E-state index in [0.717, 1.165) is 18.4 Å². The summed E-state index contributed by atoms with van der Waals surface area (Å²) in [5.41, 5.74) is 2.48. The first kappa shape index (κ1) is 25.9. The number of anilines is 2. The molecule has 2 aliphatic rings. The zero-order valence-corrected chi connectivity index (χ0v) is 21.4. The number of hydrogen-bond donors (Lipinski definition) is 3. The summed E-state index contributed by atoms with van der Waals surface area (Å²) in [4.78, 5) is 37.4. The van der Waals surface area contributed by atoms with Crippen molar-refractivity contribution in [3.05, 3.63) is 71.6 Å². The van der Waals surface area contributed by atoms with Crippen molar-refractivity contribution in [2.24, 2.45) is 20.9 Å². The van der Waals surface area contributed by atoms with E-state index in [1.165, 1.54) is 11.8 Å². The second-order valence-corrected chi connectivity index (χ2v) is 10.1. The minimum atomic E-state index is -0.697. The summed E-state index contributed by atoms with van der Waals surface area (Å²) in [6, 6.07) is 16.4. The standard InChI is InChI=1S/C27H27N7O2S/c1-27(2,16-28)19-7-4-6-18(12-19)24(36)31-20-8-5-9-21(13-20)32-25(29-3)30-14-22-15-37-26(33-22)34-23(35)17-10-11-17/h4-9,12-14,17H,3,10-11,15H2,1-2H3,(H,30,32)(H,31,36)(H,33,34,35)/b22-14+. The maximum absolute atomic E-state index is 12.8. The molecule has 0 saturated heterocycles. The number of carbonyl (C=O) groups is 2. The van der Waals surface area contributed by atoms with Crippen LogP contribution in [0.2, 0.25) is 0 Å². The van der Waals surface area contributed by atoms with Crippen LogP contribution >= 0.6 is 11.8 Å². The number of rotatable bonds is 6. The molecule has 0 atom stereocenters. The van der Waals surface area contributed by atoms with E-state index in [1.54, 1.807) is 42.6 Å². The van der Waals surface area contributed by atoms with E-state index in [-0.39, 0.29) is 23.7 Å². The van der Waals surface area contributed by atoms with Gasteiger partial charge in [-0.05, 0) is 69.3 Å². The Morgan fingerprint density at radius 1 is 1.14 bits per heavy atom. The van der Waals surface area contributed by atoms with Crippen molar-refractivity contribution in [2.45, 2.75) is 32.1 Å². The Morgan fingerprint density at radius 3 is 2.57 bits per heavy atom. The first-order chi connectivity index (χ1) is 17.8. The van der Waals surface area contributed by atoms with E-state index in [4.69, 9.17) is 0 Å². The van der Waals surface area contributed by atoms with Crippen LogP contribution in [0.15, 0.2) is 75.4 Å². The third-order valence-electron chi connectivity index (χ3n) is 5.77. The molecule has 1 aliphatic heterocycles. The molecule has 3 N–H and O–H groups in total. The first-order valence-corrected chi connectivity index (χ1v) is 12.7. The number of nitriles is 1. The summed E-state index contributed by atoms with van der Waals surface area (Å²) in [5, 5.41) is 18.8. The Labute approximate surface area is 219 Å². The van der Waals surface area contributed by atoms with Crippen LogP contribution in [-0.4, -0.2) is 35.4 Å². The van der Waals surface area contributed by atoms with Gasteiger partial charge in [0.05, 0.1) is 23.4 Å². The van der Waals surface area contributed by atoms with Crippen LogP contribution in [-0.2, 0) is 10.2 Å². The highest BCUT2D eigenvalue weighted by atomic mass is 32.2. The molecule has 1 aliphatic carbocycles. The zero-order chi connectivity index (χ0) is 26.4. The number of aliphatic imine (C=N–C) groups is 3. The van der Waals surface area contributed by atoms with Gasteiger partial charge in [0.1, 0.15) is 0 Å². The van der Waals surface area contributed by atoms with Gasteiger partial charge in [0.2, 0.25) is 11.9 Å². The van der Waals surface area contributed by atoms with Crippen molar-refractivity contribution in [1.29, 1.82) is 5.26 Å². The van der Waals surface area contributed by atoms with E-state index in [1.807, 2.05) is 26.0 Å². The third kappa shape index (κ3) is 6.92. The molecule has 2 amide bonds. The van der Waals surface area contributed by atoms with Crippen LogP contribution in [0.25, 0.3) is 0 Å². The second-order valence-electron chi connectivity index (χ2n) is 9.18. The molecule has 0 spiro atoms. The van der Waals surface area contributed by atoms with Crippen molar-refractivity contribution in [3.63, 3.8) is 0 Å². The maximum Gasteiger partial charge on any atom is 0.255 e. The second kappa shape index (κ2) is 11.2. The van der Waals surface area contributed by atoms with Gasteiger partial charge in [-0.25, -0.2) is 15.0 Å². The van der Waals surface area contributed by atoms with Crippen LogP contribution in [0.3, 0.4) is 0 Å². The number of benzene rings is 2. The molecule has 0 bridgehead atoms. The zero-order valence-electron chi connectivity index (χ0n) is 20.6. The number of hydrogen-bond acceptors (Lipinski definition) is 6. The van der Waals surface area contributed by atoms with Crippen molar-refractivity contribution in [2.75, 3.05) is 16.4 Å². The lowest BCUT2D eigenvalue weighted by molar-refractivity contribution is -0.120. The van der Waals surface area contributed by atoms with Gasteiger partial charge in [-0.15, -0.1) is 0 Å². The van der Waals surface area contributed by atoms with Crippen LogP contribution in [0.1, 0.15) is 42.6 Å². The van der Waals surface area contributed by atoms with Gasteiger partial charge < -0.3 is 16.0 Å². The SMILES string of the molecule is C=N/C(=N\C=C1/CSC(NC(=O)C2CC2)=N1)Nc1cccc(NC(=O)c2cccc(C(C)(C)C#N)c2)c1. The first-order valence-electron chi connectivity index (χ1n) is 11.7. The Kier molecular flexibility index (Phi) is 7.84. The summed E-state index contributed by atoms with van der Waals surface area (Å²) in [5.74, 6) is 0.725. The summed E-state index contributed by atoms with van der Waals surface area (Å²) in [6.45, 7) is 7.19. The van der Waals surface area contributed by atoms with E-state index >= 15 is 0 Å². The quantitative estimate of drug-likeness (QED) is 0.381. The highest BCUT2D eigenvalue weighted by molar-refractivity contribution is 8.14. The number of guanidine groups is 1. The van der Waals surface area contributed by atoms with Crippen LogP contribution in [0.4, 0.5) is 11.4 Å². The van der Waals surface area contributed by atoms with Gasteiger partial charge in [-0.2, -0.15) is 5.26 Å². The molecular formula is C27H27N7O2S. The lowest BCUT2D eigenvalue weighted by atomic mass is 9.85. The number of amides is 2. The fourth-order valence-corrected chi connectivity index (χ4v) is 4.17. The number of amidine groups is 1. The van der Waals surface area contributed by atoms with Crippen molar-refractivity contribution in [1.82, 2.24) is 5.32 Å². The van der Waals surface area contributed by atoms with Crippen LogP contribution in [0, 0.1) is 17.2 Å². The lowest BCUT2D eigenvalue weighted by Crippen LogP contribution is -2.28. The minimum Gasteiger partial charge on any atom is -0.324 e. The molecule has 37 heavy (non-hydrogen) atoms. The number of nitrogens with one attached hydrogen (secondary N) is 3. The topological polar surface area (TPSA) is 131 Å². The molecule has 2 aromatic carbocycles. The molecule has 188 valence electrons. The van der Waals surface area contributed by atoms with E-state index < -0.39 is 5.41 Å². The molecule has 1 fully saturated rings. The smallest absolute Gasteiger partial charge is 0.255 e. The third-order valence-corrected chi connectivity index (χ3v) is 6.68. The fourth-order valence-electron chi connectivity index (χ4n) is 3.39. The predicted octanol–water partition coefficient (Wildman–Crippen LogP) is 4.68. The van der Waals surface area contributed by atoms with Gasteiger partial charge in [0.25, 0.3) is 5.91 Å². The normalized spacial score (nSPS) is 16.5. The predicted molar refractivity (Wildman–Crippen MR) is 149 cm³/mol. The molecule has 2 aromatic rings. The van der Waals surface area contributed by atoms with Gasteiger partial charge in [0.15, 0.2) is 5.17 Å². The minimum absolute atomic E-state index is 0.0248. The highest BCUT2D eigenvalue weighted by Gasteiger charge is 2.31. The average molecular weight is 514 g/mol. The molecule has 9 nitrogen and oxygen atoms in total. The Bertz CT molecular complexity index is 1370. The Balaban J connectivity index is 1.40. The monoisotopic (exact) mass is 513 g/mol. The van der Waals surface area contributed by atoms with Crippen LogP contribution in [0.5, 0.6) is 0 Å². The van der Waals surface area contributed by atoms with E-state index in [0.29, 0.717) is 33.6 Å². The van der Waals surface area contributed by atoms with E-state index in [2.05, 4.69) is 43.7 Å². The van der Waals surface area contributed by atoms with E-state index in [9.17, 15) is 14.9 Å². The summed E-state index contributed by atoms with van der Waals surface area (Å²) in [7, 11) is 0. The number of nitrogens with zero attached hydrogens (tertiary/aromatic N) is 4. The molecular weight excluding hydrogens is 486 g/mol. The van der Waals surface area contributed by atoms with Gasteiger partial charge >= 0.3 is 0 Å². The molecule has 4 rings (SSSR count). The lowest BCUT2D eigenvalue weighted by Gasteiger charge is -2.16. The van der Waals surface area contributed by atoms with Gasteiger partial charge in [0, 0.05) is 28.6 Å². The maximum atomic E-state index is 12.8. The summed E-state index contributed by atoms with van der Waals surface area (Å²) >= 11 is 1.45. The highest BCUT2D eigenvalue weighted by Crippen LogP contribution is 2.30. The van der Waals surface area contributed by atoms with Crippen molar-refractivity contribution < 1.29 is 9.59 Å². The number of carbonyl (C=O) groups excluding carboxylic acids is 2. The fraction of sp³-hybridized carbons (Fsp3) is 0.259. The Hall–Kier alpha value is -4.23. The molecule has 0 unspecified atom stereocenters. The van der Waals surface area contributed by atoms with Crippen molar-refractivity contribution >= 4 is 52.8 Å². The molecule has 1 heterocycles. The molecule has 1 saturated carbocycles. The number of thioether (sulfide) groups is 1. The van der Waals surface area contributed by atoms with Gasteiger partial charge in [-0.1, -0.05) is 30.0 Å².